The standard InChI is InChI=1S/C23H17N3O2S/c27-21-11-9-14-12-15(8-10-18(14)25-21)22(28)24-17-5-3-4-16(13-17)23-26-19-6-1-2-7-20(19)29-23/h1-8,10,12-13H,9,11H2,(H,24,28)(H,25,27). The van der Waals surface area contributed by atoms with Gasteiger partial charge >= 0.3 is 0 Å². The van der Waals surface area contributed by atoms with Crippen molar-refractivity contribution < 1.29 is 9.59 Å². The second-order valence-electron chi connectivity index (χ2n) is 6.94. The molecule has 0 atom stereocenters. The smallest absolute Gasteiger partial charge is 0.255 e. The molecule has 0 saturated heterocycles. The summed E-state index contributed by atoms with van der Waals surface area (Å²) in [7, 11) is 0. The van der Waals surface area contributed by atoms with Gasteiger partial charge in [-0.15, -0.1) is 11.3 Å². The molecular weight excluding hydrogens is 382 g/mol. The first-order valence-corrected chi connectivity index (χ1v) is 10.2. The van der Waals surface area contributed by atoms with Gasteiger partial charge in [0.25, 0.3) is 5.91 Å². The van der Waals surface area contributed by atoms with Crippen LogP contribution in [-0.2, 0) is 11.2 Å². The third-order valence-corrected chi connectivity index (χ3v) is 6.01. The lowest BCUT2D eigenvalue weighted by Crippen LogP contribution is -2.20. The minimum Gasteiger partial charge on any atom is -0.326 e. The van der Waals surface area contributed by atoms with Crippen LogP contribution in [0.5, 0.6) is 0 Å². The summed E-state index contributed by atoms with van der Waals surface area (Å²) < 4.78 is 1.14. The van der Waals surface area contributed by atoms with Gasteiger partial charge in [0.1, 0.15) is 5.01 Å². The van der Waals surface area contributed by atoms with Crippen molar-refractivity contribution in [2.24, 2.45) is 0 Å². The molecule has 142 valence electrons. The van der Waals surface area contributed by atoms with Crippen LogP contribution in [0.25, 0.3) is 20.8 Å². The zero-order valence-corrected chi connectivity index (χ0v) is 16.3. The first kappa shape index (κ1) is 17.6. The van der Waals surface area contributed by atoms with E-state index in [0.717, 1.165) is 37.7 Å². The van der Waals surface area contributed by atoms with Crippen molar-refractivity contribution in [2.45, 2.75) is 12.8 Å². The minimum absolute atomic E-state index is 0.0152. The van der Waals surface area contributed by atoms with Gasteiger partial charge in [-0.05, 0) is 54.4 Å². The fraction of sp³-hybridized carbons (Fsp3) is 0.0870. The number of benzene rings is 3. The van der Waals surface area contributed by atoms with E-state index < -0.39 is 0 Å². The number of hydrogen-bond acceptors (Lipinski definition) is 4. The maximum atomic E-state index is 12.7. The molecule has 5 rings (SSSR count). The Morgan fingerprint density at radius 1 is 1.00 bits per heavy atom. The van der Waals surface area contributed by atoms with E-state index in [1.54, 1.807) is 23.5 Å². The Bertz CT molecular complexity index is 1230. The molecular formula is C23H17N3O2S. The van der Waals surface area contributed by atoms with Gasteiger partial charge in [0.2, 0.25) is 5.91 Å². The summed E-state index contributed by atoms with van der Waals surface area (Å²) in [4.78, 5) is 28.9. The molecule has 1 aromatic heterocycles. The number of aryl methyl sites for hydroxylation is 1. The molecule has 0 bridgehead atoms. The number of amides is 2. The van der Waals surface area contributed by atoms with Gasteiger partial charge in [-0.3, -0.25) is 9.59 Å². The molecule has 6 heteroatoms. The number of carbonyl (C=O) groups is 2. The van der Waals surface area contributed by atoms with Crippen LogP contribution < -0.4 is 10.6 Å². The highest BCUT2D eigenvalue weighted by Crippen LogP contribution is 2.31. The van der Waals surface area contributed by atoms with Crippen molar-refractivity contribution in [3.8, 4) is 10.6 Å². The minimum atomic E-state index is -0.175. The van der Waals surface area contributed by atoms with Crippen LogP contribution in [0.15, 0.2) is 66.7 Å². The zero-order valence-electron chi connectivity index (χ0n) is 15.4. The summed E-state index contributed by atoms with van der Waals surface area (Å²) in [5.74, 6) is -0.160. The van der Waals surface area contributed by atoms with Crippen molar-refractivity contribution in [2.75, 3.05) is 10.6 Å². The van der Waals surface area contributed by atoms with Crippen LogP contribution in [-0.4, -0.2) is 16.8 Å². The van der Waals surface area contributed by atoms with Gasteiger partial charge < -0.3 is 10.6 Å². The lowest BCUT2D eigenvalue weighted by molar-refractivity contribution is -0.116. The summed E-state index contributed by atoms with van der Waals surface area (Å²) in [5.41, 5.74) is 5.01. The molecule has 1 aliphatic heterocycles. The van der Waals surface area contributed by atoms with E-state index in [-0.39, 0.29) is 11.8 Å². The SMILES string of the molecule is O=C1CCc2cc(C(=O)Nc3cccc(-c4nc5ccccc5s4)c3)ccc2N1. The number of para-hydroxylation sites is 1. The van der Waals surface area contributed by atoms with Crippen molar-refractivity contribution in [1.82, 2.24) is 4.98 Å². The predicted octanol–water partition coefficient (Wildman–Crippen LogP) is 5.10. The summed E-state index contributed by atoms with van der Waals surface area (Å²) in [6.45, 7) is 0. The average molecular weight is 399 g/mol. The van der Waals surface area contributed by atoms with Gasteiger partial charge in [0, 0.05) is 28.9 Å². The quantitative estimate of drug-likeness (QED) is 0.503. The molecule has 4 aromatic rings. The van der Waals surface area contributed by atoms with Gasteiger partial charge in [-0.25, -0.2) is 4.98 Å². The monoisotopic (exact) mass is 399 g/mol. The van der Waals surface area contributed by atoms with E-state index in [1.807, 2.05) is 48.5 Å². The maximum Gasteiger partial charge on any atom is 0.255 e. The van der Waals surface area contributed by atoms with Gasteiger partial charge in [0.15, 0.2) is 0 Å². The van der Waals surface area contributed by atoms with Gasteiger partial charge in [-0.1, -0.05) is 24.3 Å². The number of carbonyl (C=O) groups excluding carboxylic acids is 2. The van der Waals surface area contributed by atoms with E-state index in [2.05, 4.69) is 21.7 Å². The van der Waals surface area contributed by atoms with Gasteiger partial charge in [-0.2, -0.15) is 0 Å². The second-order valence-corrected chi connectivity index (χ2v) is 7.97. The molecule has 0 radical (unpaired) electrons. The first-order chi connectivity index (χ1) is 14.2. The first-order valence-electron chi connectivity index (χ1n) is 9.36. The Hall–Kier alpha value is -3.51. The number of fused-ring (bicyclic) bond motifs is 2. The maximum absolute atomic E-state index is 12.7. The average Bonchev–Trinajstić information content (AvgIpc) is 3.18. The number of rotatable bonds is 3. The highest BCUT2D eigenvalue weighted by molar-refractivity contribution is 7.21. The highest BCUT2D eigenvalue weighted by atomic mass is 32.1. The van der Waals surface area contributed by atoms with E-state index in [4.69, 9.17) is 0 Å². The third-order valence-electron chi connectivity index (χ3n) is 4.92. The molecule has 2 N–H and O–H groups in total. The van der Waals surface area contributed by atoms with Crippen LogP contribution in [0.4, 0.5) is 11.4 Å². The topological polar surface area (TPSA) is 71.1 Å². The number of thiazole rings is 1. The largest absolute Gasteiger partial charge is 0.326 e. The van der Waals surface area contributed by atoms with Crippen molar-refractivity contribution >= 4 is 44.7 Å². The molecule has 0 fully saturated rings. The van der Waals surface area contributed by atoms with E-state index in [9.17, 15) is 9.59 Å². The predicted molar refractivity (Wildman–Crippen MR) is 116 cm³/mol. The Morgan fingerprint density at radius 2 is 1.90 bits per heavy atom. The summed E-state index contributed by atoms with van der Waals surface area (Å²) in [6, 6.07) is 21.1. The second kappa shape index (κ2) is 7.14. The Labute approximate surface area is 171 Å². The molecule has 0 unspecified atom stereocenters. The van der Waals surface area contributed by atoms with E-state index in [1.165, 1.54) is 0 Å². The molecule has 1 aliphatic rings. The number of nitrogens with one attached hydrogen (secondary N) is 2. The number of hydrogen-bond donors (Lipinski definition) is 2. The molecule has 29 heavy (non-hydrogen) atoms. The number of aromatic nitrogens is 1. The molecule has 2 heterocycles. The Kier molecular flexibility index (Phi) is 4.33. The highest BCUT2D eigenvalue weighted by Gasteiger charge is 2.17. The lowest BCUT2D eigenvalue weighted by Gasteiger charge is -2.17. The van der Waals surface area contributed by atoms with Crippen molar-refractivity contribution in [3.63, 3.8) is 0 Å². The van der Waals surface area contributed by atoms with Crippen LogP contribution in [0.3, 0.4) is 0 Å². The summed E-state index contributed by atoms with van der Waals surface area (Å²) in [5, 5.41) is 6.73. The third kappa shape index (κ3) is 3.50. The molecule has 3 aromatic carbocycles. The van der Waals surface area contributed by atoms with E-state index in [0.29, 0.717) is 18.4 Å². The number of nitrogens with zero attached hydrogens (tertiary/aromatic N) is 1. The van der Waals surface area contributed by atoms with E-state index >= 15 is 0 Å². The Balaban J connectivity index is 1.39. The van der Waals surface area contributed by atoms with Crippen molar-refractivity contribution in [1.29, 1.82) is 0 Å². The fourth-order valence-corrected chi connectivity index (χ4v) is 4.42. The van der Waals surface area contributed by atoms with Crippen LogP contribution in [0, 0.1) is 0 Å². The molecule has 5 nitrogen and oxygen atoms in total. The van der Waals surface area contributed by atoms with Gasteiger partial charge in [0.05, 0.1) is 10.2 Å². The zero-order chi connectivity index (χ0) is 19.8. The normalized spacial score (nSPS) is 13.0. The molecule has 0 saturated carbocycles. The lowest BCUT2D eigenvalue weighted by atomic mass is 10.00. The summed E-state index contributed by atoms with van der Waals surface area (Å²) >= 11 is 1.63. The summed E-state index contributed by atoms with van der Waals surface area (Å²) in [6.07, 6.45) is 1.09. The molecule has 0 spiro atoms. The number of anilines is 2. The van der Waals surface area contributed by atoms with Crippen molar-refractivity contribution in [3.05, 3.63) is 77.9 Å². The van der Waals surface area contributed by atoms with Crippen LogP contribution >= 0.6 is 11.3 Å². The molecule has 0 aliphatic carbocycles. The Morgan fingerprint density at radius 3 is 2.79 bits per heavy atom. The van der Waals surface area contributed by atoms with Crippen LogP contribution in [0.1, 0.15) is 22.3 Å². The fourth-order valence-electron chi connectivity index (χ4n) is 3.45. The van der Waals surface area contributed by atoms with Crippen LogP contribution in [0.2, 0.25) is 0 Å². The molecule has 2 amide bonds.